The van der Waals surface area contributed by atoms with E-state index in [0.29, 0.717) is 0 Å². The van der Waals surface area contributed by atoms with Gasteiger partial charge in [0.15, 0.2) is 0 Å². The van der Waals surface area contributed by atoms with Crippen molar-refractivity contribution >= 4 is 16.9 Å². The lowest BCUT2D eigenvalue weighted by Gasteiger charge is -2.21. The monoisotopic (exact) mass is 275 g/mol. The molecule has 4 heteroatoms. The molecular weight excluding hydrogens is 254 g/mol. The molecule has 0 fully saturated rings. The number of carbonyl (C=O) groups is 1. The number of hydrogen-bond donors (Lipinski definition) is 1. The third-order valence-electron chi connectivity index (χ3n) is 4.18. The Hall–Kier alpha value is -1.97. The number of carboxylic acids is 1. The summed E-state index contributed by atoms with van der Waals surface area (Å²) in [5.41, 5.74) is 2.89. The Morgan fingerprint density at radius 2 is 1.90 bits per heavy atom. The van der Waals surface area contributed by atoms with Crippen molar-refractivity contribution in [3.63, 3.8) is 0 Å². The van der Waals surface area contributed by atoms with Gasteiger partial charge in [0.1, 0.15) is 5.75 Å². The Kier molecular flexibility index (Phi) is 3.28. The van der Waals surface area contributed by atoms with E-state index in [1.165, 1.54) is 0 Å². The first-order valence-corrected chi connectivity index (χ1v) is 6.60. The van der Waals surface area contributed by atoms with E-state index in [0.717, 1.165) is 33.5 Å². The first-order valence-electron chi connectivity index (χ1n) is 6.60. The summed E-state index contributed by atoms with van der Waals surface area (Å²) in [5, 5.41) is 10.5. The van der Waals surface area contributed by atoms with Crippen LogP contribution in [0.15, 0.2) is 12.1 Å². The summed E-state index contributed by atoms with van der Waals surface area (Å²) in [7, 11) is 3.58. The van der Waals surface area contributed by atoms with E-state index in [2.05, 4.69) is 0 Å². The van der Waals surface area contributed by atoms with Crippen LogP contribution in [-0.2, 0) is 17.3 Å². The molecule has 0 aliphatic heterocycles. The van der Waals surface area contributed by atoms with Crippen LogP contribution < -0.4 is 4.74 Å². The van der Waals surface area contributed by atoms with Crippen LogP contribution in [0.25, 0.3) is 10.9 Å². The Morgan fingerprint density at radius 3 is 2.40 bits per heavy atom. The van der Waals surface area contributed by atoms with Gasteiger partial charge in [0, 0.05) is 18.1 Å². The van der Waals surface area contributed by atoms with E-state index in [-0.39, 0.29) is 0 Å². The lowest BCUT2D eigenvalue weighted by atomic mass is 9.82. The second-order valence-electron chi connectivity index (χ2n) is 5.76. The Balaban J connectivity index is 3.01. The minimum absolute atomic E-state index is 0.767. The van der Waals surface area contributed by atoms with Crippen LogP contribution >= 0.6 is 0 Å². The molecule has 108 valence electrons. The zero-order valence-corrected chi connectivity index (χ0v) is 12.9. The van der Waals surface area contributed by atoms with Crippen molar-refractivity contribution in [1.82, 2.24) is 4.57 Å². The first-order chi connectivity index (χ1) is 9.23. The molecule has 1 aromatic heterocycles. The smallest absolute Gasteiger partial charge is 0.313 e. The number of aryl methyl sites for hydroxylation is 2. The molecule has 0 atom stereocenters. The number of aliphatic carboxylic acids is 1. The summed E-state index contributed by atoms with van der Waals surface area (Å²) in [4.78, 5) is 11.7. The van der Waals surface area contributed by atoms with E-state index in [9.17, 15) is 9.90 Å². The minimum Gasteiger partial charge on any atom is -0.495 e. The van der Waals surface area contributed by atoms with Gasteiger partial charge in [0.25, 0.3) is 0 Å². The number of benzene rings is 1. The fourth-order valence-corrected chi connectivity index (χ4v) is 2.87. The number of aromatic nitrogens is 1. The van der Waals surface area contributed by atoms with E-state index in [1.807, 2.05) is 37.6 Å². The quantitative estimate of drug-likeness (QED) is 0.936. The lowest BCUT2D eigenvalue weighted by molar-refractivity contribution is -0.142. The van der Waals surface area contributed by atoms with Gasteiger partial charge in [-0.05, 0) is 44.9 Å². The fourth-order valence-electron chi connectivity index (χ4n) is 2.87. The number of ether oxygens (including phenoxy) is 1. The predicted molar refractivity (Wildman–Crippen MR) is 79.6 cm³/mol. The molecule has 1 aromatic carbocycles. The standard InChI is InChI=1S/C16H21NO3/c1-9-7-8-11(20-6)14-12(9)13(10(2)17(14)5)16(3,4)15(18)19/h7-8H,1-6H3,(H,18,19). The number of rotatable bonds is 3. The molecule has 0 aliphatic carbocycles. The highest BCUT2D eigenvalue weighted by Crippen LogP contribution is 2.40. The van der Waals surface area contributed by atoms with Gasteiger partial charge in [-0.2, -0.15) is 0 Å². The molecular formula is C16H21NO3. The second-order valence-corrected chi connectivity index (χ2v) is 5.76. The van der Waals surface area contributed by atoms with Gasteiger partial charge in [0.05, 0.1) is 18.0 Å². The van der Waals surface area contributed by atoms with E-state index < -0.39 is 11.4 Å². The Bertz CT molecular complexity index is 696. The molecule has 4 nitrogen and oxygen atoms in total. The van der Waals surface area contributed by atoms with Gasteiger partial charge in [-0.1, -0.05) is 6.07 Å². The van der Waals surface area contributed by atoms with Crippen LogP contribution in [0.3, 0.4) is 0 Å². The van der Waals surface area contributed by atoms with Gasteiger partial charge >= 0.3 is 5.97 Å². The molecule has 0 amide bonds. The van der Waals surface area contributed by atoms with Crippen LogP contribution in [0.4, 0.5) is 0 Å². The molecule has 0 aliphatic rings. The van der Waals surface area contributed by atoms with Crippen LogP contribution in [0.1, 0.15) is 30.7 Å². The highest BCUT2D eigenvalue weighted by atomic mass is 16.5. The third-order valence-corrected chi connectivity index (χ3v) is 4.18. The normalized spacial score (nSPS) is 11.9. The molecule has 0 bridgehead atoms. The van der Waals surface area contributed by atoms with Gasteiger partial charge < -0.3 is 14.4 Å². The van der Waals surface area contributed by atoms with Gasteiger partial charge in [-0.15, -0.1) is 0 Å². The van der Waals surface area contributed by atoms with Gasteiger partial charge in [0.2, 0.25) is 0 Å². The summed E-state index contributed by atoms with van der Waals surface area (Å²) in [6.45, 7) is 7.45. The number of nitrogens with zero attached hydrogens (tertiary/aromatic N) is 1. The second kappa shape index (κ2) is 4.54. The maximum atomic E-state index is 11.7. The lowest BCUT2D eigenvalue weighted by Crippen LogP contribution is -2.29. The Labute approximate surface area is 119 Å². The number of hydrogen-bond acceptors (Lipinski definition) is 2. The number of methoxy groups -OCH3 is 1. The summed E-state index contributed by atoms with van der Waals surface area (Å²) in [6.07, 6.45) is 0. The number of fused-ring (bicyclic) bond motifs is 1. The van der Waals surface area contributed by atoms with Gasteiger partial charge in [-0.3, -0.25) is 4.79 Å². The van der Waals surface area contributed by atoms with Crippen molar-refractivity contribution in [3.05, 3.63) is 29.0 Å². The van der Waals surface area contributed by atoms with E-state index in [4.69, 9.17) is 4.74 Å². The third kappa shape index (κ3) is 1.79. The average Bonchev–Trinajstić information content (AvgIpc) is 2.65. The fraction of sp³-hybridized carbons (Fsp3) is 0.438. The van der Waals surface area contributed by atoms with Crippen molar-refractivity contribution < 1.29 is 14.6 Å². The zero-order valence-electron chi connectivity index (χ0n) is 12.9. The predicted octanol–water partition coefficient (Wildman–Crippen LogP) is 3.17. The highest BCUT2D eigenvalue weighted by molar-refractivity contribution is 5.98. The van der Waals surface area contributed by atoms with Gasteiger partial charge in [-0.25, -0.2) is 0 Å². The summed E-state index contributed by atoms with van der Waals surface area (Å²) in [5.74, 6) is -0.0565. The molecule has 1 N–H and O–H groups in total. The molecule has 2 rings (SSSR count). The molecule has 0 spiro atoms. The van der Waals surface area contributed by atoms with Crippen LogP contribution in [0, 0.1) is 13.8 Å². The first kappa shape index (κ1) is 14.4. The molecule has 1 heterocycles. The van der Waals surface area contributed by atoms with Crippen LogP contribution in [0.5, 0.6) is 5.75 Å². The molecule has 0 saturated heterocycles. The maximum absolute atomic E-state index is 11.7. The maximum Gasteiger partial charge on any atom is 0.313 e. The molecule has 0 unspecified atom stereocenters. The number of carboxylic acid groups (broad SMARTS) is 1. The molecule has 0 radical (unpaired) electrons. The van der Waals surface area contributed by atoms with Crippen molar-refractivity contribution in [2.75, 3.05) is 7.11 Å². The summed E-state index contributed by atoms with van der Waals surface area (Å²) < 4.78 is 7.45. The topological polar surface area (TPSA) is 51.5 Å². The SMILES string of the molecule is COc1ccc(C)c2c(C(C)(C)C(=O)O)c(C)n(C)c12. The van der Waals surface area contributed by atoms with Crippen LogP contribution in [-0.4, -0.2) is 22.8 Å². The molecule has 2 aromatic rings. The van der Waals surface area contributed by atoms with Crippen molar-refractivity contribution in [2.24, 2.45) is 7.05 Å². The molecule has 20 heavy (non-hydrogen) atoms. The van der Waals surface area contributed by atoms with Crippen molar-refractivity contribution in [2.45, 2.75) is 33.1 Å². The highest BCUT2D eigenvalue weighted by Gasteiger charge is 2.35. The van der Waals surface area contributed by atoms with E-state index in [1.54, 1.807) is 21.0 Å². The van der Waals surface area contributed by atoms with E-state index >= 15 is 0 Å². The molecule has 0 saturated carbocycles. The minimum atomic E-state index is -0.944. The summed E-state index contributed by atoms with van der Waals surface area (Å²) >= 11 is 0. The zero-order chi connectivity index (χ0) is 15.2. The largest absolute Gasteiger partial charge is 0.495 e. The van der Waals surface area contributed by atoms with Crippen molar-refractivity contribution in [1.29, 1.82) is 0 Å². The van der Waals surface area contributed by atoms with Crippen LogP contribution in [0.2, 0.25) is 0 Å². The summed E-state index contributed by atoms with van der Waals surface area (Å²) in [6, 6.07) is 3.90. The van der Waals surface area contributed by atoms with Crippen molar-refractivity contribution in [3.8, 4) is 5.75 Å². The Morgan fingerprint density at radius 1 is 1.30 bits per heavy atom. The average molecular weight is 275 g/mol.